The SMILES string of the molecule is CCCCOC(=O)C(C)S(=O)CC(=O)O. The monoisotopic (exact) mass is 236 g/mol. The highest BCUT2D eigenvalue weighted by molar-refractivity contribution is 7.87. The van der Waals surface area contributed by atoms with Crippen LogP contribution in [0, 0.1) is 0 Å². The van der Waals surface area contributed by atoms with Crippen molar-refractivity contribution in [3.63, 3.8) is 0 Å². The summed E-state index contributed by atoms with van der Waals surface area (Å²) in [5.41, 5.74) is 0. The van der Waals surface area contributed by atoms with E-state index in [0.717, 1.165) is 12.8 Å². The number of esters is 1. The van der Waals surface area contributed by atoms with Crippen LogP contribution in [-0.2, 0) is 25.1 Å². The molecular weight excluding hydrogens is 220 g/mol. The van der Waals surface area contributed by atoms with Gasteiger partial charge in [-0.25, -0.2) is 0 Å². The van der Waals surface area contributed by atoms with Crippen LogP contribution in [0.4, 0.5) is 0 Å². The fourth-order valence-corrected chi connectivity index (χ4v) is 1.56. The van der Waals surface area contributed by atoms with Crippen molar-refractivity contribution in [2.45, 2.75) is 31.9 Å². The van der Waals surface area contributed by atoms with Gasteiger partial charge in [0.15, 0.2) is 0 Å². The van der Waals surface area contributed by atoms with Gasteiger partial charge in [-0.05, 0) is 13.3 Å². The Hall–Kier alpha value is -0.910. The standard InChI is InChI=1S/C9H16O5S/c1-3-4-5-14-9(12)7(2)15(13)6-8(10)11/h7H,3-6H2,1-2H3,(H,10,11). The molecule has 0 radical (unpaired) electrons. The van der Waals surface area contributed by atoms with Gasteiger partial charge in [-0.3, -0.25) is 13.8 Å². The van der Waals surface area contributed by atoms with Gasteiger partial charge in [-0.1, -0.05) is 13.3 Å². The number of unbranched alkanes of at least 4 members (excludes halogenated alkanes) is 1. The van der Waals surface area contributed by atoms with Crippen LogP contribution < -0.4 is 0 Å². The Morgan fingerprint density at radius 3 is 2.53 bits per heavy atom. The van der Waals surface area contributed by atoms with E-state index in [-0.39, 0.29) is 0 Å². The molecule has 0 heterocycles. The van der Waals surface area contributed by atoms with Crippen molar-refractivity contribution in [2.24, 2.45) is 0 Å². The van der Waals surface area contributed by atoms with Crippen LogP contribution in [0.25, 0.3) is 0 Å². The molecule has 0 saturated carbocycles. The third-order valence-corrected chi connectivity index (χ3v) is 3.25. The molecule has 0 spiro atoms. The number of hydrogen-bond acceptors (Lipinski definition) is 4. The maximum atomic E-state index is 11.3. The highest BCUT2D eigenvalue weighted by Crippen LogP contribution is 2.00. The minimum Gasteiger partial charge on any atom is -0.481 e. The third kappa shape index (κ3) is 6.22. The van der Waals surface area contributed by atoms with Crippen LogP contribution in [0.15, 0.2) is 0 Å². The fourth-order valence-electron chi connectivity index (χ4n) is 0.788. The van der Waals surface area contributed by atoms with Gasteiger partial charge in [-0.15, -0.1) is 0 Å². The predicted molar refractivity (Wildman–Crippen MR) is 56.0 cm³/mol. The molecule has 15 heavy (non-hydrogen) atoms. The van der Waals surface area contributed by atoms with Gasteiger partial charge in [0.05, 0.1) is 6.61 Å². The molecule has 5 nitrogen and oxygen atoms in total. The van der Waals surface area contributed by atoms with Crippen molar-refractivity contribution < 1.29 is 23.6 Å². The number of carboxylic acid groups (broad SMARTS) is 1. The Morgan fingerprint density at radius 2 is 2.07 bits per heavy atom. The van der Waals surface area contributed by atoms with Gasteiger partial charge in [-0.2, -0.15) is 0 Å². The normalized spacial score (nSPS) is 14.3. The minimum atomic E-state index is -1.70. The lowest BCUT2D eigenvalue weighted by atomic mass is 10.4. The molecule has 0 saturated heterocycles. The summed E-state index contributed by atoms with van der Waals surface area (Å²) in [5, 5.41) is 7.51. The average Bonchev–Trinajstić information content (AvgIpc) is 2.15. The summed E-state index contributed by atoms with van der Waals surface area (Å²) in [7, 11) is -1.70. The molecule has 0 aliphatic carbocycles. The van der Waals surface area contributed by atoms with Crippen LogP contribution in [0.3, 0.4) is 0 Å². The number of aliphatic carboxylic acids is 1. The summed E-state index contributed by atoms with van der Waals surface area (Å²) in [4.78, 5) is 21.5. The second kappa shape index (κ2) is 7.39. The molecule has 0 fully saturated rings. The summed E-state index contributed by atoms with van der Waals surface area (Å²) in [6.45, 7) is 3.66. The first-order valence-corrected chi connectivity index (χ1v) is 6.12. The third-order valence-electron chi connectivity index (χ3n) is 1.73. The molecular formula is C9H16O5S. The van der Waals surface area contributed by atoms with Gasteiger partial charge in [0.25, 0.3) is 0 Å². The number of carbonyl (C=O) groups is 2. The van der Waals surface area contributed by atoms with Crippen molar-refractivity contribution in [3.8, 4) is 0 Å². The first-order valence-electron chi connectivity index (χ1n) is 4.74. The Labute approximate surface area is 91.3 Å². The molecule has 0 aromatic heterocycles. The lowest BCUT2D eigenvalue weighted by molar-refractivity contribution is -0.142. The topological polar surface area (TPSA) is 80.7 Å². The molecule has 88 valence electrons. The summed E-state index contributed by atoms with van der Waals surface area (Å²) >= 11 is 0. The first kappa shape index (κ1) is 14.1. The van der Waals surface area contributed by atoms with E-state index in [1.54, 1.807) is 0 Å². The van der Waals surface area contributed by atoms with E-state index in [9.17, 15) is 13.8 Å². The molecule has 0 aromatic rings. The summed E-state index contributed by atoms with van der Waals surface area (Å²) < 4.78 is 16.1. The fraction of sp³-hybridized carbons (Fsp3) is 0.778. The van der Waals surface area contributed by atoms with Crippen LogP contribution in [0.5, 0.6) is 0 Å². The minimum absolute atomic E-state index is 0.296. The van der Waals surface area contributed by atoms with Crippen LogP contribution >= 0.6 is 0 Å². The van der Waals surface area contributed by atoms with Crippen molar-refractivity contribution >= 4 is 22.7 Å². The molecule has 2 atom stereocenters. The highest BCUT2D eigenvalue weighted by atomic mass is 32.2. The first-order chi connectivity index (χ1) is 6.99. The lowest BCUT2D eigenvalue weighted by Crippen LogP contribution is -2.29. The molecule has 0 aliphatic heterocycles. The van der Waals surface area contributed by atoms with E-state index in [1.165, 1.54) is 6.92 Å². The molecule has 1 N–H and O–H groups in total. The van der Waals surface area contributed by atoms with E-state index >= 15 is 0 Å². The number of carbonyl (C=O) groups excluding carboxylic acids is 1. The van der Waals surface area contributed by atoms with Crippen molar-refractivity contribution in [2.75, 3.05) is 12.4 Å². The average molecular weight is 236 g/mol. The quantitative estimate of drug-likeness (QED) is 0.515. The van der Waals surface area contributed by atoms with Gasteiger partial charge in [0.1, 0.15) is 11.0 Å². The van der Waals surface area contributed by atoms with Crippen molar-refractivity contribution in [1.29, 1.82) is 0 Å². The Bertz CT molecular complexity index is 251. The van der Waals surface area contributed by atoms with Gasteiger partial charge < -0.3 is 9.84 Å². The summed E-state index contributed by atoms with van der Waals surface area (Å²) in [5.74, 6) is -2.30. The van der Waals surface area contributed by atoms with E-state index in [2.05, 4.69) is 0 Å². The van der Waals surface area contributed by atoms with E-state index < -0.39 is 33.7 Å². The van der Waals surface area contributed by atoms with Gasteiger partial charge in [0.2, 0.25) is 0 Å². The highest BCUT2D eigenvalue weighted by Gasteiger charge is 2.23. The van der Waals surface area contributed by atoms with Crippen molar-refractivity contribution in [1.82, 2.24) is 0 Å². The lowest BCUT2D eigenvalue weighted by Gasteiger charge is -2.09. The zero-order valence-electron chi connectivity index (χ0n) is 8.89. The molecule has 0 aliphatic rings. The van der Waals surface area contributed by atoms with Crippen LogP contribution in [0.1, 0.15) is 26.7 Å². The molecule has 0 rings (SSSR count). The zero-order valence-corrected chi connectivity index (χ0v) is 9.71. The van der Waals surface area contributed by atoms with E-state index in [0.29, 0.717) is 6.61 Å². The predicted octanol–water partition coefficient (Wildman–Crippen LogP) is 0.552. The molecule has 0 aromatic carbocycles. The number of hydrogen-bond donors (Lipinski definition) is 1. The number of ether oxygens (including phenoxy) is 1. The molecule has 2 unspecified atom stereocenters. The molecule has 0 bridgehead atoms. The second-order valence-corrected chi connectivity index (χ2v) is 4.84. The molecule has 6 heteroatoms. The summed E-state index contributed by atoms with van der Waals surface area (Å²) in [6.07, 6.45) is 1.66. The summed E-state index contributed by atoms with van der Waals surface area (Å²) in [6, 6.07) is 0. The maximum Gasteiger partial charge on any atom is 0.321 e. The Balaban J connectivity index is 3.96. The van der Waals surface area contributed by atoms with E-state index in [4.69, 9.17) is 9.84 Å². The number of carboxylic acids is 1. The van der Waals surface area contributed by atoms with Gasteiger partial charge >= 0.3 is 11.9 Å². The number of rotatable bonds is 7. The maximum absolute atomic E-state index is 11.3. The van der Waals surface area contributed by atoms with Crippen LogP contribution in [0.2, 0.25) is 0 Å². The largest absolute Gasteiger partial charge is 0.481 e. The second-order valence-electron chi connectivity index (χ2n) is 3.08. The zero-order chi connectivity index (χ0) is 11.8. The Kier molecular flexibility index (Phi) is 6.94. The Morgan fingerprint density at radius 1 is 1.47 bits per heavy atom. The van der Waals surface area contributed by atoms with Crippen LogP contribution in [-0.4, -0.2) is 38.9 Å². The molecule has 0 amide bonds. The van der Waals surface area contributed by atoms with E-state index in [1.807, 2.05) is 6.92 Å². The smallest absolute Gasteiger partial charge is 0.321 e. The van der Waals surface area contributed by atoms with Gasteiger partial charge in [0, 0.05) is 10.8 Å². The van der Waals surface area contributed by atoms with Crippen molar-refractivity contribution in [3.05, 3.63) is 0 Å².